The number of carbonyl (C=O) groups is 1. The lowest BCUT2D eigenvalue weighted by Gasteiger charge is -2.13. The van der Waals surface area contributed by atoms with Gasteiger partial charge in [0, 0.05) is 10.2 Å². The smallest absolute Gasteiger partial charge is 0.258 e. The normalized spacial score (nSPS) is 12.0. The third-order valence-electron chi connectivity index (χ3n) is 2.81. The Morgan fingerprint density at radius 2 is 2.00 bits per heavy atom. The predicted molar refractivity (Wildman–Crippen MR) is 82.8 cm³/mol. The van der Waals surface area contributed by atoms with Crippen LogP contribution in [-0.4, -0.2) is 5.91 Å². The van der Waals surface area contributed by atoms with Gasteiger partial charge in [0.2, 0.25) is 0 Å². The van der Waals surface area contributed by atoms with Crippen LogP contribution in [0.5, 0.6) is 0 Å². The number of hydrogen-bond donors (Lipinski definition) is 1. The first kappa shape index (κ1) is 15.0. The highest BCUT2D eigenvalue weighted by molar-refractivity contribution is 9.10. The van der Waals surface area contributed by atoms with Crippen molar-refractivity contribution in [2.75, 3.05) is 5.32 Å². The van der Waals surface area contributed by atoms with E-state index in [-0.39, 0.29) is 10.9 Å². The minimum absolute atomic E-state index is 0.0172. The molecule has 0 saturated heterocycles. The molecule has 2 aromatic carbocycles. The zero-order valence-electron chi connectivity index (χ0n) is 10.7. The van der Waals surface area contributed by atoms with Crippen LogP contribution in [-0.2, 0) is 0 Å². The summed E-state index contributed by atoms with van der Waals surface area (Å²) in [7, 11) is 0. The second-order valence-corrected chi connectivity index (χ2v) is 5.85. The zero-order chi connectivity index (χ0) is 14.7. The molecular weight excluding hydrogens is 345 g/mol. The lowest BCUT2D eigenvalue weighted by Crippen LogP contribution is -2.15. The fourth-order valence-corrected chi connectivity index (χ4v) is 2.37. The number of nitrogens with one attached hydrogen (secondary N) is 1. The molecule has 0 spiro atoms. The van der Waals surface area contributed by atoms with Gasteiger partial charge in [0.05, 0.1) is 10.9 Å². The highest BCUT2D eigenvalue weighted by Crippen LogP contribution is 2.27. The first-order chi connectivity index (χ1) is 9.49. The van der Waals surface area contributed by atoms with Gasteiger partial charge >= 0.3 is 0 Å². The second-order valence-electron chi connectivity index (χ2n) is 4.28. The molecule has 0 bridgehead atoms. The van der Waals surface area contributed by atoms with Crippen molar-refractivity contribution in [1.29, 1.82) is 0 Å². The summed E-state index contributed by atoms with van der Waals surface area (Å²) in [4.78, 5) is 12.1. The van der Waals surface area contributed by atoms with Crippen LogP contribution in [0.1, 0.15) is 28.2 Å². The van der Waals surface area contributed by atoms with E-state index in [1.165, 1.54) is 12.1 Å². The Bertz CT molecular complexity index is 646. The quantitative estimate of drug-likeness (QED) is 0.758. The fourth-order valence-electron chi connectivity index (χ4n) is 1.82. The summed E-state index contributed by atoms with van der Waals surface area (Å²) < 4.78 is 14.3. The summed E-state index contributed by atoms with van der Waals surface area (Å²) >= 11 is 9.28. The average Bonchev–Trinajstić information content (AvgIpc) is 2.41. The predicted octanol–water partition coefficient (Wildman–Crippen LogP) is 5.14. The van der Waals surface area contributed by atoms with Gasteiger partial charge in [-0.2, -0.15) is 0 Å². The molecule has 2 rings (SSSR count). The van der Waals surface area contributed by atoms with Crippen LogP contribution in [0.2, 0.25) is 0 Å². The molecule has 1 N–H and O–H groups in total. The van der Waals surface area contributed by atoms with Gasteiger partial charge in [-0.15, -0.1) is 11.6 Å². The van der Waals surface area contributed by atoms with Gasteiger partial charge in [0.1, 0.15) is 5.82 Å². The van der Waals surface area contributed by atoms with E-state index in [9.17, 15) is 9.18 Å². The molecule has 0 radical (unpaired) electrons. The molecule has 0 aromatic heterocycles. The third kappa shape index (κ3) is 3.38. The van der Waals surface area contributed by atoms with Crippen molar-refractivity contribution >= 4 is 39.1 Å². The Labute approximate surface area is 130 Å². The Kier molecular flexibility index (Phi) is 4.78. The SMILES string of the molecule is CC(Cl)c1ccccc1NC(=O)c1cc(Br)ccc1F. The highest BCUT2D eigenvalue weighted by atomic mass is 79.9. The molecule has 1 unspecified atom stereocenters. The lowest BCUT2D eigenvalue weighted by molar-refractivity contribution is 0.102. The topological polar surface area (TPSA) is 29.1 Å². The van der Waals surface area contributed by atoms with Crippen LogP contribution in [0.3, 0.4) is 0 Å². The zero-order valence-corrected chi connectivity index (χ0v) is 13.0. The molecule has 0 heterocycles. The Morgan fingerprint density at radius 1 is 1.30 bits per heavy atom. The van der Waals surface area contributed by atoms with E-state index in [0.29, 0.717) is 10.2 Å². The van der Waals surface area contributed by atoms with Gasteiger partial charge in [-0.05, 0) is 36.8 Å². The summed E-state index contributed by atoms with van der Waals surface area (Å²) in [5.41, 5.74) is 1.36. The first-order valence-electron chi connectivity index (χ1n) is 5.98. The molecule has 2 aromatic rings. The minimum Gasteiger partial charge on any atom is -0.322 e. The van der Waals surface area contributed by atoms with E-state index in [1.807, 2.05) is 19.1 Å². The summed E-state index contributed by atoms with van der Waals surface area (Å²) in [6.45, 7) is 1.81. The number of para-hydroxylation sites is 1. The lowest BCUT2D eigenvalue weighted by atomic mass is 10.1. The average molecular weight is 357 g/mol. The summed E-state index contributed by atoms with van der Waals surface area (Å²) in [6.07, 6.45) is 0. The first-order valence-corrected chi connectivity index (χ1v) is 7.21. The number of hydrogen-bond acceptors (Lipinski definition) is 1. The molecule has 2 nitrogen and oxygen atoms in total. The van der Waals surface area contributed by atoms with Crippen molar-refractivity contribution in [3.8, 4) is 0 Å². The van der Waals surface area contributed by atoms with E-state index < -0.39 is 11.7 Å². The summed E-state index contributed by atoms with van der Waals surface area (Å²) in [6, 6.07) is 11.4. The van der Waals surface area contributed by atoms with Crippen LogP contribution in [0.4, 0.5) is 10.1 Å². The number of halogens is 3. The maximum atomic E-state index is 13.7. The highest BCUT2D eigenvalue weighted by Gasteiger charge is 2.15. The Morgan fingerprint density at radius 3 is 2.70 bits per heavy atom. The maximum Gasteiger partial charge on any atom is 0.258 e. The van der Waals surface area contributed by atoms with Gasteiger partial charge < -0.3 is 5.32 Å². The second kappa shape index (κ2) is 6.37. The van der Waals surface area contributed by atoms with Gasteiger partial charge in [-0.1, -0.05) is 34.1 Å². The van der Waals surface area contributed by atoms with Crippen LogP contribution in [0, 0.1) is 5.82 Å². The molecule has 20 heavy (non-hydrogen) atoms. The summed E-state index contributed by atoms with van der Waals surface area (Å²) in [5, 5.41) is 2.44. The van der Waals surface area contributed by atoms with E-state index in [0.717, 1.165) is 5.56 Å². The molecule has 5 heteroatoms. The van der Waals surface area contributed by atoms with Crippen LogP contribution < -0.4 is 5.32 Å². The van der Waals surface area contributed by atoms with E-state index in [1.54, 1.807) is 18.2 Å². The minimum atomic E-state index is -0.567. The van der Waals surface area contributed by atoms with Gasteiger partial charge in [-0.3, -0.25) is 4.79 Å². The van der Waals surface area contributed by atoms with Crippen molar-refractivity contribution in [3.63, 3.8) is 0 Å². The molecule has 0 aliphatic heterocycles. The number of alkyl halides is 1. The molecular formula is C15H12BrClFNO. The standard InChI is InChI=1S/C15H12BrClFNO/c1-9(17)11-4-2-3-5-14(11)19-15(20)12-8-10(16)6-7-13(12)18/h2-9H,1H3,(H,19,20). The summed E-state index contributed by atoms with van der Waals surface area (Å²) in [5.74, 6) is -1.07. The Balaban J connectivity index is 2.31. The van der Waals surface area contributed by atoms with Crippen molar-refractivity contribution in [2.45, 2.75) is 12.3 Å². The van der Waals surface area contributed by atoms with Crippen LogP contribution >= 0.6 is 27.5 Å². The number of benzene rings is 2. The number of carbonyl (C=O) groups excluding carboxylic acids is 1. The van der Waals surface area contributed by atoms with E-state index in [4.69, 9.17) is 11.6 Å². The third-order valence-corrected chi connectivity index (χ3v) is 3.54. The van der Waals surface area contributed by atoms with Crippen molar-refractivity contribution < 1.29 is 9.18 Å². The van der Waals surface area contributed by atoms with Gasteiger partial charge in [0.15, 0.2) is 0 Å². The van der Waals surface area contributed by atoms with Crippen molar-refractivity contribution in [2.24, 2.45) is 0 Å². The van der Waals surface area contributed by atoms with Crippen molar-refractivity contribution in [1.82, 2.24) is 0 Å². The molecule has 1 amide bonds. The van der Waals surface area contributed by atoms with Crippen LogP contribution in [0.15, 0.2) is 46.9 Å². The Hall–Kier alpha value is -1.39. The maximum absolute atomic E-state index is 13.7. The van der Waals surface area contributed by atoms with E-state index >= 15 is 0 Å². The van der Waals surface area contributed by atoms with Gasteiger partial charge in [-0.25, -0.2) is 4.39 Å². The van der Waals surface area contributed by atoms with Gasteiger partial charge in [0.25, 0.3) is 5.91 Å². The molecule has 0 fully saturated rings. The molecule has 0 aliphatic carbocycles. The molecule has 0 aliphatic rings. The van der Waals surface area contributed by atoms with E-state index in [2.05, 4.69) is 21.2 Å². The fraction of sp³-hybridized carbons (Fsp3) is 0.133. The largest absolute Gasteiger partial charge is 0.322 e. The molecule has 104 valence electrons. The van der Waals surface area contributed by atoms with Crippen LogP contribution in [0.25, 0.3) is 0 Å². The number of rotatable bonds is 3. The number of amides is 1. The molecule has 1 atom stereocenters. The number of anilines is 1. The monoisotopic (exact) mass is 355 g/mol. The molecule has 0 saturated carbocycles. The van der Waals surface area contributed by atoms with Crippen molar-refractivity contribution in [3.05, 3.63) is 63.9 Å².